The molecule has 1 aromatic rings. The fourth-order valence-corrected chi connectivity index (χ4v) is 2.00. The molecule has 0 radical (unpaired) electrons. The molecule has 18 heavy (non-hydrogen) atoms. The van der Waals surface area contributed by atoms with Crippen LogP contribution >= 0.6 is 0 Å². The first-order valence-corrected chi connectivity index (χ1v) is 5.86. The normalized spacial score (nSPS) is 21.9. The molecule has 1 saturated carbocycles. The molecule has 0 atom stereocenters. The Morgan fingerprint density at radius 1 is 1.39 bits per heavy atom. The lowest BCUT2D eigenvalue weighted by Crippen LogP contribution is -2.42. The molecule has 1 aliphatic rings. The molecule has 1 N–H and O–H groups in total. The summed E-state index contributed by atoms with van der Waals surface area (Å²) in [5, 5.41) is 2.60. The minimum Gasteiger partial charge on any atom is -0.493 e. The number of carbonyl (C=O) groups is 1. The van der Waals surface area contributed by atoms with Crippen molar-refractivity contribution in [3.63, 3.8) is 0 Å². The Morgan fingerprint density at radius 3 is 2.72 bits per heavy atom. The average molecular weight is 253 g/mol. The van der Waals surface area contributed by atoms with Gasteiger partial charge >= 0.3 is 0 Å². The molecule has 1 aliphatic carbocycles. The van der Waals surface area contributed by atoms with Crippen LogP contribution in [-0.2, 0) is 4.79 Å². The minimum atomic E-state index is -0.368. The highest BCUT2D eigenvalue weighted by Gasteiger charge is 2.36. The number of hydrogen-bond donors (Lipinski definition) is 1. The highest BCUT2D eigenvalue weighted by molar-refractivity contribution is 5.79. The SMILES string of the molecule is CNC(=O)[C@H]1C[C@H](Oc2cc(F)ccc2OC)C1. The van der Waals surface area contributed by atoms with E-state index in [1.165, 1.54) is 25.3 Å². The molecule has 1 aromatic carbocycles. The molecular weight excluding hydrogens is 237 g/mol. The summed E-state index contributed by atoms with van der Waals surface area (Å²) in [6.45, 7) is 0. The van der Waals surface area contributed by atoms with Crippen LogP contribution in [0.2, 0.25) is 0 Å². The van der Waals surface area contributed by atoms with Crippen molar-refractivity contribution in [2.24, 2.45) is 5.92 Å². The predicted molar refractivity (Wildman–Crippen MR) is 64.2 cm³/mol. The Morgan fingerprint density at radius 2 is 2.11 bits per heavy atom. The maximum Gasteiger partial charge on any atom is 0.223 e. The van der Waals surface area contributed by atoms with Gasteiger partial charge in [0, 0.05) is 19.0 Å². The molecule has 0 spiro atoms. The van der Waals surface area contributed by atoms with Gasteiger partial charge in [-0.3, -0.25) is 4.79 Å². The van der Waals surface area contributed by atoms with Crippen molar-refractivity contribution in [2.45, 2.75) is 18.9 Å². The van der Waals surface area contributed by atoms with E-state index in [4.69, 9.17) is 9.47 Å². The van der Waals surface area contributed by atoms with E-state index in [2.05, 4.69) is 5.32 Å². The molecule has 0 heterocycles. The Kier molecular flexibility index (Phi) is 3.69. The number of rotatable bonds is 4. The van der Waals surface area contributed by atoms with Crippen LogP contribution in [0.5, 0.6) is 11.5 Å². The quantitative estimate of drug-likeness (QED) is 0.889. The number of amides is 1. The van der Waals surface area contributed by atoms with E-state index in [-0.39, 0.29) is 23.7 Å². The molecule has 1 amide bonds. The van der Waals surface area contributed by atoms with Gasteiger partial charge in [-0.2, -0.15) is 0 Å². The molecule has 98 valence electrons. The van der Waals surface area contributed by atoms with Crippen LogP contribution in [-0.4, -0.2) is 26.2 Å². The Balaban J connectivity index is 1.95. The Labute approximate surface area is 105 Å². The number of methoxy groups -OCH3 is 1. The fourth-order valence-electron chi connectivity index (χ4n) is 2.00. The van der Waals surface area contributed by atoms with Crippen LogP contribution in [0.15, 0.2) is 18.2 Å². The maximum absolute atomic E-state index is 13.1. The summed E-state index contributed by atoms with van der Waals surface area (Å²) in [6, 6.07) is 4.14. The summed E-state index contributed by atoms with van der Waals surface area (Å²) >= 11 is 0. The number of carbonyl (C=O) groups excluding carboxylic acids is 1. The number of hydrogen-bond acceptors (Lipinski definition) is 3. The van der Waals surface area contributed by atoms with E-state index in [0.717, 1.165) is 0 Å². The van der Waals surface area contributed by atoms with Crippen molar-refractivity contribution in [3.05, 3.63) is 24.0 Å². The zero-order chi connectivity index (χ0) is 13.1. The van der Waals surface area contributed by atoms with Crippen LogP contribution in [0.1, 0.15) is 12.8 Å². The standard InChI is InChI=1S/C13H16FNO3/c1-15-13(16)8-5-10(6-8)18-12-7-9(14)3-4-11(12)17-2/h3-4,7-8,10H,5-6H2,1-2H3,(H,15,16)/t8-,10-. The summed E-state index contributed by atoms with van der Waals surface area (Å²) in [4.78, 5) is 11.3. The molecule has 5 heteroatoms. The first-order chi connectivity index (χ1) is 8.63. The number of halogens is 1. The van der Waals surface area contributed by atoms with Gasteiger partial charge in [-0.1, -0.05) is 0 Å². The second kappa shape index (κ2) is 5.25. The van der Waals surface area contributed by atoms with Crippen molar-refractivity contribution in [1.82, 2.24) is 5.32 Å². The average Bonchev–Trinajstić information content (AvgIpc) is 2.32. The molecule has 0 saturated heterocycles. The molecular formula is C13H16FNO3. The molecule has 4 nitrogen and oxygen atoms in total. The van der Waals surface area contributed by atoms with Crippen molar-refractivity contribution in [1.29, 1.82) is 0 Å². The second-order valence-electron chi connectivity index (χ2n) is 4.32. The van der Waals surface area contributed by atoms with E-state index in [0.29, 0.717) is 24.3 Å². The summed E-state index contributed by atoms with van der Waals surface area (Å²) in [5.74, 6) is 0.547. The zero-order valence-electron chi connectivity index (χ0n) is 10.4. The van der Waals surface area contributed by atoms with Crippen LogP contribution in [0.4, 0.5) is 4.39 Å². The third-order valence-electron chi connectivity index (χ3n) is 3.13. The monoisotopic (exact) mass is 253 g/mol. The summed E-state index contributed by atoms with van der Waals surface area (Å²) in [6.07, 6.45) is 1.25. The van der Waals surface area contributed by atoms with E-state index in [9.17, 15) is 9.18 Å². The Hall–Kier alpha value is -1.78. The zero-order valence-corrected chi connectivity index (χ0v) is 10.4. The van der Waals surface area contributed by atoms with E-state index in [1.54, 1.807) is 7.05 Å². The van der Waals surface area contributed by atoms with Gasteiger partial charge in [0.25, 0.3) is 0 Å². The third kappa shape index (κ3) is 2.55. The summed E-state index contributed by atoms with van der Waals surface area (Å²) < 4.78 is 23.8. The van der Waals surface area contributed by atoms with E-state index in [1.807, 2.05) is 0 Å². The van der Waals surface area contributed by atoms with Crippen LogP contribution in [0.3, 0.4) is 0 Å². The fraction of sp³-hybridized carbons (Fsp3) is 0.462. The molecule has 1 fully saturated rings. The Bertz CT molecular complexity index is 444. The largest absolute Gasteiger partial charge is 0.493 e. The van der Waals surface area contributed by atoms with Crippen molar-refractivity contribution in [2.75, 3.05) is 14.2 Å². The van der Waals surface area contributed by atoms with Gasteiger partial charge < -0.3 is 14.8 Å². The number of benzene rings is 1. The van der Waals surface area contributed by atoms with Gasteiger partial charge in [0.15, 0.2) is 11.5 Å². The van der Waals surface area contributed by atoms with Crippen molar-refractivity contribution < 1.29 is 18.7 Å². The van der Waals surface area contributed by atoms with Gasteiger partial charge in [-0.15, -0.1) is 0 Å². The minimum absolute atomic E-state index is 0.000413. The molecule has 0 unspecified atom stereocenters. The molecule has 2 rings (SSSR count). The van der Waals surface area contributed by atoms with Crippen LogP contribution in [0, 0.1) is 11.7 Å². The lowest BCUT2D eigenvalue weighted by Gasteiger charge is -2.34. The van der Waals surface area contributed by atoms with Gasteiger partial charge in [-0.05, 0) is 25.0 Å². The third-order valence-corrected chi connectivity index (χ3v) is 3.13. The molecule has 0 bridgehead atoms. The highest BCUT2D eigenvalue weighted by Crippen LogP contribution is 2.35. The van der Waals surface area contributed by atoms with Crippen LogP contribution < -0.4 is 14.8 Å². The molecule has 0 aliphatic heterocycles. The highest BCUT2D eigenvalue weighted by atomic mass is 19.1. The van der Waals surface area contributed by atoms with Crippen molar-refractivity contribution >= 4 is 5.91 Å². The van der Waals surface area contributed by atoms with Crippen molar-refractivity contribution in [3.8, 4) is 11.5 Å². The topological polar surface area (TPSA) is 47.6 Å². The van der Waals surface area contributed by atoms with Gasteiger partial charge in [0.1, 0.15) is 11.9 Å². The van der Waals surface area contributed by atoms with E-state index < -0.39 is 0 Å². The van der Waals surface area contributed by atoms with Crippen LogP contribution in [0.25, 0.3) is 0 Å². The maximum atomic E-state index is 13.1. The summed E-state index contributed by atoms with van der Waals surface area (Å²) in [7, 11) is 3.13. The number of nitrogens with one attached hydrogen (secondary N) is 1. The van der Waals surface area contributed by atoms with Gasteiger partial charge in [0.2, 0.25) is 5.91 Å². The predicted octanol–water partition coefficient (Wildman–Crippen LogP) is 1.74. The molecule has 0 aromatic heterocycles. The second-order valence-corrected chi connectivity index (χ2v) is 4.32. The number of ether oxygens (including phenoxy) is 2. The first-order valence-electron chi connectivity index (χ1n) is 5.86. The first kappa shape index (κ1) is 12.7. The summed E-state index contributed by atoms with van der Waals surface area (Å²) in [5.41, 5.74) is 0. The smallest absolute Gasteiger partial charge is 0.223 e. The van der Waals surface area contributed by atoms with Gasteiger partial charge in [-0.25, -0.2) is 4.39 Å². The lowest BCUT2D eigenvalue weighted by molar-refractivity contribution is -0.130. The lowest BCUT2D eigenvalue weighted by atomic mass is 9.81. The van der Waals surface area contributed by atoms with Gasteiger partial charge in [0.05, 0.1) is 7.11 Å². The van der Waals surface area contributed by atoms with E-state index >= 15 is 0 Å².